The smallest absolute Gasteiger partial charge is 0.252 e. The summed E-state index contributed by atoms with van der Waals surface area (Å²) < 4.78 is 0. The van der Waals surface area contributed by atoms with Gasteiger partial charge in [0, 0.05) is 49.7 Å². The quantitative estimate of drug-likeness (QED) is 0.690. The number of nitrogens with one attached hydrogen (secondary N) is 2. The van der Waals surface area contributed by atoms with Crippen molar-refractivity contribution in [2.45, 2.75) is 13.8 Å². The summed E-state index contributed by atoms with van der Waals surface area (Å²) in [6.07, 6.45) is 1.76. The molecule has 0 saturated carbocycles. The van der Waals surface area contributed by atoms with E-state index in [1.54, 1.807) is 6.20 Å². The maximum atomic E-state index is 12.2. The van der Waals surface area contributed by atoms with Gasteiger partial charge in [0.1, 0.15) is 0 Å². The standard InChI is InChI=1S/C21H25N7O/c1-3-27-9-11-28(12-10-27)21-22-14-17(15(2)23-21)18-13-19(29)26-20(25-18)24-16-7-5-4-6-8-16/h4-8,13-14H,3,9-12H2,1-2H3,(H2,24,25,26,29). The molecule has 1 aliphatic rings. The molecule has 0 aliphatic carbocycles. The lowest BCUT2D eigenvalue weighted by atomic mass is 10.2. The number of H-pyrrole nitrogens is 1. The highest BCUT2D eigenvalue weighted by atomic mass is 16.1. The van der Waals surface area contributed by atoms with Crippen molar-refractivity contribution >= 4 is 17.6 Å². The number of hydrogen-bond acceptors (Lipinski definition) is 7. The van der Waals surface area contributed by atoms with E-state index < -0.39 is 0 Å². The van der Waals surface area contributed by atoms with Crippen LogP contribution in [0.1, 0.15) is 12.6 Å². The molecule has 8 nitrogen and oxygen atoms in total. The Labute approximate surface area is 169 Å². The van der Waals surface area contributed by atoms with Crippen molar-refractivity contribution in [1.29, 1.82) is 0 Å². The average molecular weight is 391 g/mol. The molecule has 1 aromatic carbocycles. The SMILES string of the molecule is CCN1CCN(c2ncc(-c3cc(=O)[nH]c(Nc4ccccc4)n3)c(C)n2)CC1. The van der Waals surface area contributed by atoms with Crippen LogP contribution in [0.2, 0.25) is 0 Å². The summed E-state index contributed by atoms with van der Waals surface area (Å²) in [4.78, 5) is 33.3. The Morgan fingerprint density at radius 2 is 1.86 bits per heavy atom. The number of anilines is 3. The minimum absolute atomic E-state index is 0.229. The van der Waals surface area contributed by atoms with Gasteiger partial charge in [-0.1, -0.05) is 25.1 Å². The molecule has 8 heteroatoms. The van der Waals surface area contributed by atoms with Gasteiger partial charge >= 0.3 is 0 Å². The summed E-state index contributed by atoms with van der Waals surface area (Å²) in [5, 5.41) is 3.13. The number of nitrogens with zero attached hydrogens (tertiary/aromatic N) is 5. The second-order valence-electron chi connectivity index (χ2n) is 7.06. The maximum absolute atomic E-state index is 12.2. The van der Waals surface area contributed by atoms with Crippen molar-refractivity contribution in [2.75, 3.05) is 42.9 Å². The van der Waals surface area contributed by atoms with E-state index in [0.717, 1.165) is 55.6 Å². The Hall–Kier alpha value is -3.26. The van der Waals surface area contributed by atoms with Crippen LogP contribution < -0.4 is 15.8 Å². The Bertz CT molecular complexity index is 1030. The molecule has 2 aromatic heterocycles. The molecular weight excluding hydrogens is 366 g/mol. The number of para-hydroxylation sites is 1. The van der Waals surface area contributed by atoms with Crippen molar-refractivity contribution < 1.29 is 0 Å². The molecule has 0 bridgehead atoms. The van der Waals surface area contributed by atoms with Crippen LogP contribution in [0.15, 0.2) is 47.4 Å². The Balaban J connectivity index is 1.57. The highest BCUT2D eigenvalue weighted by Gasteiger charge is 2.19. The topological polar surface area (TPSA) is 90.0 Å². The molecule has 150 valence electrons. The first-order chi connectivity index (χ1) is 14.1. The largest absolute Gasteiger partial charge is 0.338 e. The third-order valence-corrected chi connectivity index (χ3v) is 5.12. The Kier molecular flexibility index (Phi) is 5.53. The summed E-state index contributed by atoms with van der Waals surface area (Å²) in [6, 6.07) is 11.1. The molecular formula is C21H25N7O. The first-order valence-electron chi connectivity index (χ1n) is 9.87. The van der Waals surface area contributed by atoms with Gasteiger partial charge in [0.2, 0.25) is 11.9 Å². The van der Waals surface area contributed by atoms with Gasteiger partial charge in [-0.3, -0.25) is 9.78 Å². The van der Waals surface area contributed by atoms with Gasteiger partial charge in [0.15, 0.2) is 0 Å². The van der Waals surface area contributed by atoms with E-state index in [1.165, 1.54) is 6.07 Å². The van der Waals surface area contributed by atoms with Gasteiger partial charge in [0.05, 0.1) is 11.4 Å². The maximum Gasteiger partial charge on any atom is 0.252 e. The van der Waals surface area contributed by atoms with Gasteiger partial charge < -0.3 is 15.1 Å². The van der Waals surface area contributed by atoms with E-state index in [4.69, 9.17) is 4.98 Å². The molecule has 1 fully saturated rings. The van der Waals surface area contributed by atoms with E-state index in [0.29, 0.717) is 11.6 Å². The summed E-state index contributed by atoms with van der Waals surface area (Å²) >= 11 is 0. The number of piperazine rings is 1. The molecule has 0 radical (unpaired) electrons. The normalized spacial score (nSPS) is 14.8. The highest BCUT2D eigenvalue weighted by Crippen LogP contribution is 2.22. The minimum atomic E-state index is -0.229. The van der Waals surface area contributed by atoms with Crippen molar-refractivity contribution in [3.8, 4) is 11.3 Å². The number of rotatable bonds is 5. The van der Waals surface area contributed by atoms with Crippen LogP contribution in [0, 0.1) is 6.92 Å². The fraction of sp³-hybridized carbons (Fsp3) is 0.333. The second kappa shape index (κ2) is 8.40. The van der Waals surface area contributed by atoms with Gasteiger partial charge in [-0.05, 0) is 25.6 Å². The third-order valence-electron chi connectivity index (χ3n) is 5.12. The first-order valence-corrected chi connectivity index (χ1v) is 9.87. The molecule has 0 spiro atoms. The van der Waals surface area contributed by atoms with E-state index in [-0.39, 0.29) is 5.56 Å². The first kappa shape index (κ1) is 19.1. The molecule has 3 heterocycles. The van der Waals surface area contributed by atoms with Gasteiger partial charge in [-0.25, -0.2) is 15.0 Å². The summed E-state index contributed by atoms with van der Waals surface area (Å²) in [7, 11) is 0. The predicted molar refractivity (Wildman–Crippen MR) is 115 cm³/mol. The van der Waals surface area contributed by atoms with Crippen LogP contribution >= 0.6 is 0 Å². The number of likely N-dealkylation sites (N-methyl/N-ethyl adjacent to an activating group) is 1. The Morgan fingerprint density at radius 3 is 2.55 bits per heavy atom. The number of aromatic amines is 1. The number of aryl methyl sites for hydroxylation is 1. The van der Waals surface area contributed by atoms with Crippen molar-refractivity contribution in [2.24, 2.45) is 0 Å². The zero-order valence-corrected chi connectivity index (χ0v) is 16.7. The monoisotopic (exact) mass is 391 g/mol. The van der Waals surface area contributed by atoms with Crippen molar-refractivity contribution in [3.63, 3.8) is 0 Å². The van der Waals surface area contributed by atoms with Crippen LogP contribution in [0.4, 0.5) is 17.6 Å². The lowest BCUT2D eigenvalue weighted by Gasteiger charge is -2.34. The van der Waals surface area contributed by atoms with E-state index >= 15 is 0 Å². The minimum Gasteiger partial charge on any atom is -0.338 e. The number of hydrogen-bond donors (Lipinski definition) is 2. The fourth-order valence-corrected chi connectivity index (χ4v) is 3.44. The molecule has 2 N–H and O–H groups in total. The van der Waals surface area contributed by atoms with Crippen LogP contribution in [-0.2, 0) is 0 Å². The van der Waals surface area contributed by atoms with E-state index in [2.05, 4.69) is 37.0 Å². The highest BCUT2D eigenvalue weighted by molar-refractivity contribution is 5.64. The van der Waals surface area contributed by atoms with Crippen molar-refractivity contribution in [1.82, 2.24) is 24.8 Å². The van der Waals surface area contributed by atoms with Crippen LogP contribution in [0.25, 0.3) is 11.3 Å². The number of aromatic nitrogens is 4. The fourth-order valence-electron chi connectivity index (χ4n) is 3.44. The zero-order valence-electron chi connectivity index (χ0n) is 16.7. The van der Waals surface area contributed by atoms with E-state index in [1.807, 2.05) is 37.3 Å². The predicted octanol–water partition coefficient (Wildman–Crippen LogP) is 2.42. The molecule has 4 rings (SSSR count). The molecule has 3 aromatic rings. The molecule has 0 amide bonds. The molecule has 0 atom stereocenters. The molecule has 0 unspecified atom stereocenters. The Morgan fingerprint density at radius 1 is 1.10 bits per heavy atom. The van der Waals surface area contributed by atoms with Gasteiger partial charge in [0.25, 0.3) is 5.56 Å². The van der Waals surface area contributed by atoms with Crippen LogP contribution in [0.3, 0.4) is 0 Å². The zero-order chi connectivity index (χ0) is 20.2. The summed E-state index contributed by atoms with van der Waals surface area (Å²) in [6.45, 7) is 9.05. The molecule has 29 heavy (non-hydrogen) atoms. The van der Waals surface area contributed by atoms with E-state index in [9.17, 15) is 4.79 Å². The average Bonchev–Trinajstić information content (AvgIpc) is 2.74. The summed E-state index contributed by atoms with van der Waals surface area (Å²) in [5.74, 6) is 1.12. The lowest BCUT2D eigenvalue weighted by Crippen LogP contribution is -2.46. The second-order valence-corrected chi connectivity index (χ2v) is 7.06. The van der Waals surface area contributed by atoms with Gasteiger partial charge in [-0.2, -0.15) is 0 Å². The van der Waals surface area contributed by atoms with Crippen molar-refractivity contribution in [3.05, 3.63) is 58.6 Å². The van der Waals surface area contributed by atoms with Crippen LogP contribution in [0.5, 0.6) is 0 Å². The lowest BCUT2D eigenvalue weighted by molar-refractivity contribution is 0.270. The number of benzene rings is 1. The molecule has 1 saturated heterocycles. The molecule has 1 aliphatic heterocycles. The third kappa shape index (κ3) is 4.43. The summed E-state index contributed by atoms with van der Waals surface area (Å²) in [5.41, 5.74) is 2.72. The van der Waals surface area contributed by atoms with Gasteiger partial charge in [-0.15, -0.1) is 0 Å². The van der Waals surface area contributed by atoms with Crippen LogP contribution in [-0.4, -0.2) is 57.6 Å².